The molecule has 9 heteroatoms. The van der Waals surface area contributed by atoms with E-state index in [1.54, 1.807) is 49.6 Å². The van der Waals surface area contributed by atoms with Gasteiger partial charge in [0.1, 0.15) is 17.3 Å². The molecule has 4 rings (SSSR count). The molecule has 0 bridgehead atoms. The van der Waals surface area contributed by atoms with Crippen LogP contribution in [0.3, 0.4) is 0 Å². The normalized spacial score (nSPS) is 20.3. The zero-order chi connectivity index (χ0) is 24.9. The average molecular weight is 501 g/mol. The number of benzene rings is 2. The van der Waals surface area contributed by atoms with Crippen molar-refractivity contribution in [3.63, 3.8) is 0 Å². The van der Waals surface area contributed by atoms with Crippen molar-refractivity contribution < 1.29 is 28.9 Å². The summed E-state index contributed by atoms with van der Waals surface area (Å²) < 4.78 is 16.3. The van der Waals surface area contributed by atoms with Crippen molar-refractivity contribution >= 4 is 29.1 Å². The molecule has 1 N–H and O–H groups in total. The van der Waals surface area contributed by atoms with E-state index in [2.05, 4.69) is 4.90 Å². The Morgan fingerprint density at radius 1 is 1.06 bits per heavy atom. The molecule has 2 saturated heterocycles. The van der Waals surface area contributed by atoms with Gasteiger partial charge in [0.25, 0.3) is 11.7 Å². The smallest absolute Gasteiger partial charge is 0.295 e. The monoisotopic (exact) mass is 500 g/mol. The van der Waals surface area contributed by atoms with Crippen LogP contribution in [-0.4, -0.2) is 80.2 Å². The molecule has 0 saturated carbocycles. The molecule has 2 fully saturated rings. The highest BCUT2D eigenvalue weighted by Crippen LogP contribution is 2.43. The highest BCUT2D eigenvalue weighted by atomic mass is 35.5. The second-order valence-corrected chi connectivity index (χ2v) is 8.85. The van der Waals surface area contributed by atoms with Crippen molar-refractivity contribution in [2.24, 2.45) is 0 Å². The number of rotatable bonds is 8. The predicted molar refractivity (Wildman–Crippen MR) is 132 cm³/mol. The van der Waals surface area contributed by atoms with E-state index in [1.807, 2.05) is 0 Å². The fraction of sp³-hybridized carbons (Fsp3) is 0.385. The first kappa shape index (κ1) is 25.0. The van der Waals surface area contributed by atoms with Gasteiger partial charge < -0.3 is 24.2 Å². The molecule has 0 radical (unpaired) electrons. The highest BCUT2D eigenvalue weighted by Gasteiger charge is 2.46. The fourth-order valence-corrected chi connectivity index (χ4v) is 4.66. The Hall–Kier alpha value is -3.07. The predicted octanol–water partition coefficient (Wildman–Crippen LogP) is 3.50. The Balaban J connectivity index is 1.73. The second-order valence-electron chi connectivity index (χ2n) is 8.41. The number of nitrogens with zero attached hydrogens (tertiary/aromatic N) is 2. The van der Waals surface area contributed by atoms with Gasteiger partial charge in [-0.25, -0.2) is 0 Å². The summed E-state index contributed by atoms with van der Waals surface area (Å²) in [6, 6.07) is 10.9. The van der Waals surface area contributed by atoms with E-state index in [-0.39, 0.29) is 11.3 Å². The summed E-state index contributed by atoms with van der Waals surface area (Å²) >= 11 is 6.00. The maximum absolute atomic E-state index is 13.2. The van der Waals surface area contributed by atoms with Crippen LogP contribution in [0.15, 0.2) is 48.0 Å². The third kappa shape index (κ3) is 5.29. The summed E-state index contributed by atoms with van der Waals surface area (Å²) in [6.45, 7) is 4.18. The summed E-state index contributed by atoms with van der Waals surface area (Å²) in [4.78, 5) is 30.2. The van der Waals surface area contributed by atoms with E-state index < -0.39 is 17.7 Å². The SMILES string of the molecule is COc1ccc(C2/C(=C(/O)c3ccc(Cl)cc3)C(=O)C(=O)N2CCCN2CCOCC2)c(OC)c1. The van der Waals surface area contributed by atoms with Gasteiger partial charge in [0, 0.05) is 48.4 Å². The molecule has 8 nitrogen and oxygen atoms in total. The van der Waals surface area contributed by atoms with Crippen molar-refractivity contribution in [3.8, 4) is 11.5 Å². The minimum atomic E-state index is -0.809. The number of halogens is 1. The number of likely N-dealkylation sites (tertiary alicyclic amines) is 1. The molecule has 0 aromatic heterocycles. The third-order valence-corrected chi connectivity index (χ3v) is 6.62. The summed E-state index contributed by atoms with van der Waals surface area (Å²) in [5.74, 6) is -0.598. The number of hydrogen-bond donors (Lipinski definition) is 1. The maximum Gasteiger partial charge on any atom is 0.295 e. The van der Waals surface area contributed by atoms with Crippen LogP contribution < -0.4 is 9.47 Å². The summed E-state index contributed by atoms with van der Waals surface area (Å²) in [5.41, 5.74) is 1.01. The molecule has 2 aliphatic rings. The van der Waals surface area contributed by atoms with Gasteiger partial charge in [-0.15, -0.1) is 0 Å². The fourth-order valence-electron chi connectivity index (χ4n) is 4.53. The number of hydrogen-bond acceptors (Lipinski definition) is 7. The number of morpholine rings is 1. The molecular formula is C26H29ClN2O6. The van der Waals surface area contributed by atoms with Crippen LogP contribution in [0.2, 0.25) is 5.02 Å². The Morgan fingerprint density at radius 2 is 1.77 bits per heavy atom. The third-order valence-electron chi connectivity index (χ3n) is 6.37. The molecule has 2 aromatic rings. The molecule has 35 heavy (non-hydrogen) atoms. The van der Waals surface area contributed by atoms with Crippen molar-refractivity contribution in [2.45, 2.75) is 12.5 Å². The molecule has 2 heterocycles. The number of aliphatic hydroxyl groups is 1. The summed E-state index contributed by atoms with van der Waals surface area (Å²) in [7, 11) is 3.06. The number of methoxy groups -OCH3 is 2. The molecule has 186 valence electrons. The number of carbonyl (C=O) groups excluding carboxylic acids is 2. The van der Waals surface area contributed by atoms with Gasteiger partial charge in [0.2, 0.25) is 0 Å². The largest absolute Gasteiger partial charge is 0.507 e. The topological polar surface area (TPSA) is 88.5 Å². The first-order valence-corrected chi connectivity index (χ1v) is 11.9. The van der Waals surface area contributed by atoms with Crippen LogP contribution in [0.25, 0.3) is 5.76 Å². The molecule has 0 spiro atoms. The zero-order valence-electron chi connectivity index (χ0n) is 19.8. The van der Waals surface area contributed by atoms with Gasteiger partial charge in [-0.3, -0.25) is 14.5 Å². The van der Waals surface area contributed by atoms with Crippen LogP contribution in [0.5, 0.6) is 11.5 Å². The molecular weight excluding hydrogens is 472 g/mol. The van der Waals surface area contributed by atoms with E-state index in [0.717, 1.165) is 19.6 Å². The Kier molecular flexibility index (Phi) is 7.95. The first-order valence-electron chi connectivity index (χ1n) is 11.5. The lowest BCUT2D eigenvalue weighted by atomic mass is 9.94. The molecule has 0 aliphatic carbocycles. The summed E-state index contributed by atoms with van der Waals surface area (Å²) in [5, 5.41) is 11.7. The van der Waals surface area contributed by atoms with Gasteiger partial charge in [0.15, 0.2) is 0 Å². The van der Waals surface area contributed by atoms with Gasteiger partial charge in [-0.1, -0.05) is 11.6 Å². The molecule has 1 atom stereocenters. The molecule has 2 aliphatic heterocycles. The summed E-state index contributed by atoms with van der Waals surface area (Å²) in [6.07, 6.45) is 0.670. The Morgan fingerprint density at radius 3 is 2.43 bits per heavy atom. The molecule has 1 unspecified atom stereocenters. The lowest BCUT2D eigenvalue weighted by Gasteiger charge is -2.29. The van der Waals surface area contributed by atoms with E-state index in [4.69, 9.17) is 25.8 Å². The second kappa shape index (κ2) is 11.1. The highest BCUT2D eigenvalue weighted by molar-refractivity contribution is 6.46. The van der Waals surface area contributed by atoms with Crippen LogP contribution in [0.1, 0.15) is 23.6 Å². The van der Waals surface area contributed by atoms with Gasteiger partial charge in [0.05, 0.1) is 39.0 Å². The maximum atomic E-state index is 13.2. The van der Waals surface area contributed by atoms with E-state index in [0.29, 0.717) is 53.8 Å². The molecule has 1 amide bonds. The van der Waals surface area contributed by atoms with Crippen molar-refractivity contribution in [1.82, 2.24) is 9.80 Å². The van der Waals surface area contributed by atoms with Crippen molar-refractivity contribution in [1.29, 1.82) is 0 Å². The zero-order valence-corrected chi connectivity index (χ0v) is 20.6. The molecule has 2 aromatic carbocycles. The van der Waals surface area contributed by atoms with E-state index >= 15 is 0 Å². The van der Waals surface area contributed by atoms with Crippen molar-refractivity contribution in [3.05, 3.63) is 64.2 Å². The minimum Gasteiger partial charge on any atom is -0.507 e. The minimum absolute atomic E-state index is 0.0205. The number of Topliss-reactive ketones (excluding diaryl/α,β-unsaturated/α-hetero) is 1. The first-order chi connectivity index (χ1) is 16.9. The van der Waals surface area contributed by atoms with Crippen LogP contribution in [-0.2, 0) is 14.3 Å². The van der Waals surface area contributed by atoms with E-state index in [9.17, 15) is 14.7 Å². The quantitative estimate of drug-likeness (QED) is 0.337. The number of aliphatic hydroxyl groups excluding tert-OH is 1. The van der Waals surface area contributed by atoms with Crippen LogP contribution in [0, 0.1) is 0 Å². The number of ketones is 1. The van der Waals surface area contributed by atoms with Gasteiger partial charge in [-0.05, 0) is 42.8 Å². The Labute approximate surface area is 209 Å². The lowest BCUT2D eigenvalue weighted by Crippen LogP contribution is -2.39. The lowest BCUT2D eigenvalue weighted by molar-refractivity contribution is -0.140. The Bertz CT molecular complexity index is 1110. The number of carbonyl (C=O) groups is 2. The van der Waals surface area contributed by atoms with E-state index in [1.165, 1.54) is 12.0 Å². The number of ether oxygens (including phenoxy) is 3. The number of amides is 1. The average Bonchev–Trinajstić information content (AvgIpc) is 3.13. The van der Waals surface area contributed by atoms with Gasteiger partial charge in [-0.2, -0.15) is 0 Å². The standard InChI is InChI=1S/C26H29ClN2O6/c1-33-19-8-9-20(21(16-19)34-2)23-22(24(30)17-4-6-18(27)7-5-17)25(31)26(32)29(23)11-3-10-28-12-14-35-15-13-28/h4-9,16,23,30H,3,10-15H2,1-2H3/b24-22-. The van der Waals surface area contributed by atoms with Crippen LogP contribution >= 0.6 is 11.6 Å². The van der Waals surface area contributed by atoms with Crippen LogP contribution in [0.4, 0.5) is 0 Å². The van der Waals surface area contributed by atoms with Gasteiger partial charge >= 0.3 is 0 Å². The van der Waals surface area contributed by atoms with Crippen molar-refractivity contribution in [2.75, 3.05) is 53.6 Å².